The molecule has 0 amide bonds. The average molecular weight is 241 g/mol. The van der Waals surface area contributed by atoms with Crippen LogP contribution in [0.15, 0.2) is 42.6 Å². The lowest BCUT2D eigenvalue weighted by molar-refractivity contribution is -0.388. The first kappa shape index (κ1) is 11.8. The zero-order valence-corrected chi connectivity index (χ0v) is 9.48. The maximum atomic E-state index is 10.7. The predicted octanol–water partition coefficient (Wildman–Crippen LogP) is 2.74. The summed E-state index contributed by atoms with van der Waals surface area (Å²) in [4.78, 5) is 13.7. The van der Waals surface area contributed by atoms with Crippen LogP contribution in [0.5, 0.6) is 0 Å². The van der Waals surface area contributed by atoms with Crippen LogP contribution in [0.2, 0.25) is 0 Å². The van der Waals surface area contributed by atoms with Gasteiger partial charge in [-0.25, -0.2) is 0 Å². The van der Waals surface area contributed by atoms with Crippen molar-refractivity contribution in [2.75, 3.05) is 5.73 Å². The molecule has 90 valence electrons. The summed E-state index contributed by atoms with van der Waals surface area (Å²) in [5, 5.41) is 10.7. The maximum Gasteiger partial charge on any atom is 0.387 e. The van der Waals surface area contributed by atoms with Crippen molar-refractivity contribution in [1.29, 1.82) is 0 Å². The summed E-state index contributed by atoms with van der Waals surface area (Å²) in [7, 11) is 0. The van der Waals surface area contributed by atoms with Gasteiger partial charge in [-0.1, -0.05) is 42.5 Å². The van der Waals surface area contributed by atoms with E-state index in [0.29, 0.717) is 5.56 Å². The minimum atomic E-state index is -0.588. The molecule has 1 aromatic carbocycles. The molecule has 0 unspecified atom stereocenters. The Balaban J connectivity index is 2.33. The van der Waals surface area contributed by atoms with Crippen LogP contribution >= 0.6 is 0 Å². The SMILES string of the molecule is Nc1c(C=Cc2ccccc2)ccnc1[N+](=O)[O-]. The first-order chi connectivity index (χ1) is 8.68. The summed E-state index contributed by atoms with van der Waals surface area (Å²) in [6.45, 7) is 0. The van der Waals surface area contributed by atoms with Crippen LogP contribution < -0.4 is 5.73 Å². The standard InChI is InChI=1S/C13H11N3O2/c14-12-11(8-9-15-13(12)16(17)18)7-6-10-4-2-1-3-5-10/h1-9H,14H2. The quantitative estimate of drug-likeness (QED) is 0.661. The first-order valence-electron chi connectivity index (χ1n) is 5.30. The fourth-order valence-electron chi connectivity index (χ4n) is 1.52. The van der Waals surface area contributed by atoms with E-state index in [1.165, 1.54) is 6.20 Å². The van der Waals surface area contributed by atoms with Crippen molar-refractivity contribution in [3.8, 4) is 0 Å². The van der Waals surface area contributed by atoms with Gasteiger partial charge in [0.05, 0.1) is 0 Å². The fourth-order valence-corrected chi connectivity index (χ4v) is 1.52. The zero-order chi connectivity index (χ0) is 13.0. The molecule has 0 atom stereocenters. The third-order valence-electron chi connectivity index (χ3n) is 2.43. The Hall–Kier alpha value is -2.69. The Morgan fingerprint density at radius 3 is 2.56 bits per heavy atom. The Kier molecular flexibility index (Phi) is 3.33. The van der Waals surface area contributed by atoms with Crippen molar-refractivity contribution in [3.63, 3.8) is 0 Å². The van der Waals surface area contributed by atoms with Gasteiger partial charge in [0.25, 0.3) is 0 Å². The summed E-state index contributed by atoms with van der Waals surface area (Å²) >= 11 is 0. The van der Waals surface area contributed by atoms with Crippen LogP contribution in [0.4, 0.5) is 11.5 Å². The lowest BCUT2D eigenvalue weighted by atomic mass is 10.1. The van der Waals surface area contributed by atoms with Crippen LogP contribution in [0.3, 0.4) is 0 Å². The highest BCUT2D eigenvalue weighted by molar-refractivity contribution is 5.78. The summed E-state index contributed by atoms with van der Waals surface area (Å²) in [5.74, 6) is -0.315. The van der Waals surface area contributed by atoms with E-state index in [9.17, 15) is 10.1 Å². The van der Waals surface area contributed by atoms with Crippen molar-refractivity contribution >= 4 is 23.7 Å². The molecule has 0 bridgehead atoms. The number of nitrogens with zero attached hydrogens (tertiary/aromatic N) is 2. The third kappa shape index (κ3) is 2.52. The highest BCUT2D eigenvalue weighted by Crippen LogP contribution is 2.23. The minimum absolute atomic E-state index is 0.0784. The number of hydrogen-bond acceptors (Lipinski definition) is 4. The number of anilines is 1. The molecular weight excluding hydrogens is 230 g/mol. The molecule has 1 aromatic heterocycles. The molecular formula is C13H11N3O2. The van der Waals surface area contributed by atoms with Crippen molar-refractivity contribution in [2.45, 2.75) is 0 Å². The lowest BCUT2D eigenvalue weighted by Gasteiger charge is -2.00. The van der Waals surface area contributed by atoms with Gasteiger partial charge in [-0.3, -0.25) is 0 Å². The van der Waals surface area contributed by atoms with Crippen molar-refractivity contribution in [3.05, 3.63) is 63.8 Å². The smallest absolute Gasteiger partial charge is 0.387 e. The Morgan fingerprint density at radius 2 is 1.89 bits per heavy atom. The average Bonchev–Trinajstić information content (AvgIpc) is 2.38. The largest absolute Gasteiger partial charge is 0.391 e. The number of nitrogen functional groups attached to an aromatic ring is 1. The van der Waals surface area contributed by atoms with Crippen molar-refractivity contribution in [2.24, 2.45) is 0 Å². The van der Waals surface area contributed by atoms with Crippen LogP contribution in [0, 0.1) is 10.1 Å². The molecule has 5 nitrogen and oxygen atoms in total. The van der Waals surface area contributed by atoms with E-state index < -0.39 is 4.92 Å². The van der Waals surface area contributed by atoms with E-state index in [1.54, 1.807) is 12.1 Å². The van der Waals surface area contributed by atoms with Gasteiger partial charge in [-0.2, -0.15) is 0 Å². The van der Waals surface area contributed by atoms with Gasteiger partial charge in [-0.05, 0) is 21.5 Å². The van der Waals surface area contributed by atoms with Crippen LogP contribution in [-0.2, 0) is 0 Å². The van der Waals surface area contributed by atoms with E-state index >= 15 is 0 Å². The maximum absolute atomic E-state index is 10.7. The van der Waals surface area contributed by atoms with Crippen molar-refractivity contribution in [1.82, 2.24) is 4.98 Å². The van der Waals surface area contributed by atoms with Gasteiger partial charge in [0.2, 0.25) is 0 Å². The van der Waals surface area contributed by atoms with E-state index in [-0.39, 0.29) is 11.5 Å². The first-order valence-corrected chi connectivity index (χ1v) is 5.30. The molecule has 0 saturated heterocycles. The molecule has 0 spiro atoms. The molecule has 2 rings (SSSR count). The molecule has 0 aliphatic heterocycles. The van der Waals surface area contributed by atoms with Crippen LogP contribution in [-0.4, -0.2) is 9.91 Å². The van der Waals surface area contributed by atoms with Crippen LogP contribution in [0.25, 0.3) is 12.2 Å². The van der Waals surface area contributed by atoms with Gasteiger partial charge < -0.3 is 15.8 Å². The number of nitrogens with two attached hydrogens (primary N) is 1. The topological polar surface area (TPSA) is 82.0 Å². The highest BCUT2D eigenvalue weighted by atomic mass is 16.6. The molecule has 1 heterocycles. The summed E-state index contributed by atoms with van der Waals surface area (Å²) < 4.78 is 0. The number of benzene rings is 1. The molecule has 2 N–H and O–H groups in total. The number of pyridine rings is 1. The summed E-state index contributed by atoms with van der Waals surface area (Å²) in [6, 6.07) is 11.3. The molecule has 0 aliphatic carbocycles. The van der Waals surface area contributed by atoms with E-state index in [0.717, 1.165) is 5.56 Å². The Morgan fingerprint density at radius 1 is 1.17 bits per heavy atom. The van der Waals surface area contributed by atoms with Crippen LogP contribution in [0.1, 0.15) is 11.1 Å². The third-order valence-corrected chi connectivity index (χ3v) is 2.43. The second kappa shape index (κ2) is 5.09. The summed E-state index contributed by atoms with van der Waals surface area (Å²) in [5.41, 5.74) is 7.35. The fraction of sp³-hybridized carbons (Fsp3) is 0. The second-order valence-electron chi connectivity index (χ2n) is 3.64. The molecule has 2 aromatic rings. The van der Waals surface area contributed by atoms with Gasteiger partial charge in [0.1, 0.15) is 11.9 Å². The van der Waals surface area contributed by atoms with E-state index in [4.69, 9.17) is 5.73 Å². The lowest BCUT2D eigenvalue weighted by Crippen LogP contribution is -2.00. The zero-order valence-electron chi connectivity index (χ0n) is 9.48. The van der Waals surface area contributed by atoms with Gasteiger partial charge in [0.15, 0.2) is 0 Å². The Bertz CT molecular complexity index is 594. The predicted molar refractivity (Wildman–Crippen MR) is 70.7 cm³/mol. The number of rotatable bonds is 3. The number of nitro groups is 1. The Labute approximate surface area is 104 Å². The van der Waals surface area contributed by atoms with Gasteiger partial charge in [0, 0.05) is 5.56 Å². The van der Waals surface area contributed by atoms with E-state index in [1.807, 2.05) is 36.4 Å². The monoisotopic (exact) mass is 241 g/mol. The molecule has 5 heteroatoms. The molecule has 0 radical (unpaired) electrons. The molecule has 0 fully saturated rings. The molecule has 18 heavy (non-hydrogen) atoms. The second-order valence-corrected chi connectivity index (χ2v) is 3.64. The van der Waals surface area contributed by atoms with Gasteiger partial charge in [-0.15, -0.1) is 0 Å². The number of aromatic nitrogens is 1. The van der Waals surface area contributed by atoms with Crippen molar-refractivity contribution < 1.29 is 4.92 Å². The molecule has 0 saturated carbocycles. The highest BCUT2D eigenvalue weighted by Gasteiger charge is 2.14. The summed E-state index contributed by atoms with van der Waals surface area (Å²) in [6.07, 6.45) is 4.95. The molecule has 0 aliphatic rings. The van der Waals surface area contributed by atoms with E-state index in [2.05, 4.69) is 4.98 Å². The number of hydrogen-bond donors (Lipinski definition) is 1. The van der Waals surface area contributed by atoms with Gasteiger partial charge >= 0.3 is 5.82 Å². The normalized spacial score (nSPS) is 10.7. The minimum Gasteiger partial charge on any atom is -0.391 e.